The first kappa shape index (κ1) is 15.0. The highest BCUT2D eigenvalue weighted by Crippen LogP contribution is 2.27. The number of hydrogen-bond donors (Lipinski definition) is 1. The number of rotatable bonds is 4. The van der Waals surface area contributed by atoms with Crippen molar-refractivity contribution in [1.29, 1.82) is 0 Å². The number of carbonyl (C=O) groups is 1. The Hall–Kier alpha value is -1.44. The van der Waals surface area contributed by atoms with Crippen molar-refractivity contribution in [2.75, 3.05) is 0 Å². The van der Waals surface area contributed by atoms with E-state index in [0.29, 0.717) is 5.01 Å². The van der Waals surface area contributed by atoms with Crippen molar-refractivity contribution in [3.63, 3.8) is 0 Å². The van der Waals surface area contributed by atoms with Crippen LogP contribution in [0.15, 0.2) is 28.6 Å². The number of carboxylic acids is 1. The van der Waals surface area contributed by atoms with Crippen molar-refractivity contribution < 1.29 is 18.3 Å². The number of nitrogens with zero attached hydrogens (tertiary/aromatic N) is 1. The molecule has 0 atom stereocenters. The van der Waals surface area contributed by atoms with Crippen molar-refractivity contribution in [3.8, 4) is 0 Å². The van der Waals surface area contributed by atoms with E-state index in [-0.39, 0.29) is 26.8 Å². The Morgan fingerprint density at radius 2 is 2.15 bits per heavy atom. The Kier molecular flexibility index (Phi) is 4.12. The second kappa shape index (κ2) is 5.51. The molecule has 0 amide bonds. The second-order valence-corrected chi connectivity index (χ2v) is 7.44. The summed E-state index contributed by atoms with van der Waals surface area (Å²) in [6.45, 7) is 1.45. The Morgan fingerprint density at radius 1 is 1.45 bits per heavy atom. The first-order chi connectivity index (χ1) is 9.31. The number of carboxylic acid groups (broad SMARTS) is 1. The molecule has 106 valence electrons. The van der Waals surface area contributed by atoms with Crippen LogP contribution in [-0.2, 0) is 15.6 Å². The Morgan fingerprint density at radius 3 is 2.70 bits per heavy atom. The van der Waals surface area contributed by atoms with Gasteiger partial charge < -0.3 is 5.11 Å². The van der Waals surface area contributed by atoms with Crippen molar-refractivity contribution in [1.82, 2.24) is 4.98 Å². The lowest BCUT2D eigenvalue weighted by molar-refractivity contribution is 0.0696. The average Bonchev–Trinajstić information content (AvgIpc) is 2.83. The van der Waals surface area contributed by atoms with Gasteiger partial charge >= 0.3 is 5.97 Å². The monoisotopic (exact) mass is 331 g/mol. The molecule has 1 heterocycles. The van der Waals surface area contributed by atoms with Crippen molar-refractivity contribution in [2.45, 2.75) is 17.6 Å². The molecule has 0 bridgehead atoms. The maximum Gasteiger partial charge on any atom is 0.336 e. The first-order valence-electron chi connectivity index (χ1n) is 5.46. The Bertz CT molecular complexity index is 754. The van der Waals surface area contributed by atoms with E-state index in [1.54, 1.807) is 5.38 Å². The average molecular weight is 332 g/mol. The maximum absolute atomic E-state index is 12.4. The zero-order valence-corrected chi connectivity index (χ0v) is 12.7. The van der Waals surface area contributed by atoms with Crippen LogP contribution in [0.1, 0.15) is 20.9 Å². The van der Waals surface area contributed by atoms with Gasteiger partial charge in [0.25, 0.3) is 0 Å². The van der Waals surface area contributed by atoms with E-state index >= 15 is 0 Å². The van der Waals surface area contributed by atoms with E-state index in [0.717, 1.165) is 0 Å². The molecule has 8 heteroatoms. The van der Waals surface area contributed by atoms with Crippen LogP contribution in [0, 0.1) is 6.92 Å². The molecule has 0 unspecified atom stereocenters. The Balaban J connectivity index is 2.54. The fourth-order valence-electron chi connectivity index (χ4n) is 1.76. The number of thiazole rings is 1. The quantitative estimate of drug-likeness (QED) is 0.931. The fourth-order valence-corrected chi connectivity index (χ4v) is 4.62. The van der Waals surface area contributed by atoms with Gasteiger partial charge in [0.1, 0.15) is 10.8 Å². The second-order valence-electron chi connectivity index (χ2n) is 4.07. The van der Waals surface area contributed by atoms with Crippen LogP contribution < -0.4 is 0 Å². The van der Waals surface area contributed by atoms with E-state index in [1.807, 2.05) is 0 Å². The number of sulfone groups is 1. The molecule has 0 saturated carbocycles. The molecule has 0 fully saturated rings. The molecular formula is C12H10ClNO4S2. The zero-order chi connectivity index (χ0) is 14.9. The summed E-state index contributed by atoms with van der Waals surface area (Å²) < 4.78 is 24.7. The lowest BCUT2D eigenvalue weighted by Gasteiger charge is -2.10. The highest BCUT2D eigenvalue weighted by Gasteiger charge is 2.23. The summed E-state index contributed by atoms with van der Waals surface area (Å²) in [5.41, 5.74) is 0.0636. The number of aromatic carboxylic acids is 1. The summed E-state index contributed by atoms with van der Waals surface area (Å²) in [6, 6.07) is 2.51. The lowest BCUT2D eigenvalue weighted by atomic mass is 10.1. The summed E-state index contributed by atoms with van der Waals surface area (Å²) in [4.78, 5) is 15.0. The van der Waals surface area contributed by atoms with Crippen molar-refractivity contribution in [3.05, 3.63) is 44.9 Å². The molecule has 1 aromatic carbocycles. The zero-order valence-electron chi connectivity index (χ0n) is 10.3. The van der Waals surface area contributed by atoms with Crippen LogP contribution in [-0.4, -0.2) is 24.5 Å². The summed E-state index contributed by atoms with van der Waals surface area (Å²) >= 11 is 7.04. The molecule has 0 saturated heterocycles. The largest absolute Gasteiger partial charge is 0.478 e. The van der Waals surface area contributed by atoms with Crippen molar-refractivity contribution in [2.24, 2.45) is 0 Å². The third-order valence-electron chi connectivity index (χ3n) is 2.69. The van der Waals surface area contributed by atoms with Gasteiger partial charge in [-0.25, -0.2) is 18.2 Å². The lowest BCUT2D eigenvalue weighted by Crippen LogP contribution is -2.10. The van der Waals surface area contributed by atoms with Gasteiger partial charge in [-0.3, -0.25) is 0 Å². The van der Waals surface area contributed by atoms with Crippen LogP contribution in [0.4, 0.5) is 0 Å². The summed E-state index contributed by atoms with van der Waals surface area (Å²) in [5.74, 6) is -1.49. The van der Waals surface area contributed by atoms with Crippen LogP contribution >= 0.6 is 22.9 Å². The number of halogens is 1. The summed E-state index contributed by atoms with van der Waals surface area (Å²) in [7, 11) is -3.69. The highest BCUT2D eigenvalue weighted by atomic mass is 35.5. The van der Waals surface area contributed by atoms with Crippen molar-refractivity contribution >= 4 is 38.7 Å². The van der Waals surface area contributed by atoms with E-state index in [2.05, 4.69) is 4.98 Å². The molecule has 20 heavy (non-hydrogen) atoms. The van der Waals surface area contributed by atoms with E-state index in [9.17, 15) is 13.2 Å². The van der Waals surface area contributed by atoms with E-state index in [1.165, 1.54) is 36.6 Å². The van der Waals surface area contributed by atoms with Gasteiger partial charge in [0.2, 0.25) is 0 Å². The van der Waals surface area contributed by atoms with Crippen LogP contribution in [0.5, 0.6) is 0 Å². The molecule has 5 nitrogen and oxygen atoms in total. The van der Waals surface area contributed by atoms with Crippen LogP contribution in [0.25, 0.3) is 0 Å². The third-order valence-corrected chi connectivity index (χ3v) is 5.62. The molecule has 2 rings (SSSR count). The van der Waals surface area contributed by atoms with Gasteiger partial charge in [-0.1, -0.05) is 11.6 Å². The topological polar surface area (TPSA) is 84.3 Å². The fraction of sp³-hybridized carbons (Fsp3) is 0.167. The molecule has 0 radical (unpaired) electrons. The van der Waals surface area contributed by atoms with Crippen LogP contribution in [0.2, 0.25) is 5.02 Å². The normalized spacial score (nSPS) is 11.5. The van der Waals surface area contributed by atoms with E-state index in [4.69, 9.17) is 16.7 Å². The molecule has 2 aromatic rings. The minimum absolute atomic E-state index is 0.0717. The number of aromatic nitrogens is 1. The summed E-state index contributed by atoms with van der Waals surface area (Å²) in [6.07, 6.45) is 1.52. The van der Waals surface area contributed by atoms with Gasteiger partial charge in [-0.05, 0) is 24.6 Å². The first-order valence-corrected chi connectivity index (χ1v) is 8.37. The molecule has 0 spiro atoms. The van der Waals surface area contributed by atoms with E-state index < -0.39 is 15.8 Å². The van der Waals surface area contributed by atoms with Crippen LogP contribution in [0.3, 0.4) is 0 Å². The molecule has 0 aliphatic rings. The molecule has 1 aromatic heterocycles. The van der Waals surface area contributed by atoms with Gasteiger partial charge in [0.05, 0.1) is 10.5 Å². The molecule has 0 aliphatic carbocycles. The van der Waals surface area contributed by atoms with Gasteiger partial charge in [0, 0.05) is 16.6 Å². The van der Waals surface area contributed by atoms with Gasteiger partial charge in [0.15, 0.2) is 9.84 Å². The minimum Gasteiger partial charge on any atom is -0.478 e. The predicted molar refractivity (Wildman–Crippen MR) is 76.2 cm³/mol. The molecule has 1 N–H and O–H groups in total. The Labute approximate surface area is 124 Å². The van der Waals surface area contributed by atoms with Gasteiger partial charge in [-0.2, -0.15) is 0 Å². The number of benzene rings is 1. The minimum atomic E-state index is -3.69. The highest BCUT2D eigenvalue weighted by molar-refractivity contribution is 7.90. The third kappa shape index (κ3) is 3.00. The SMILES string of the molecule is Cc1c(C(=O)O)cc(Cl)cc1S(=O)(=O)Cc1nccs1. The number of hydrogen-bond acceptors (Lipinski definition) is 5. The maximum atomic E-state index is 12.4. The smallest absolute Gasteiger partial charge is 0.336 e. The van der Waals surface area contributed by atoms with Gasteiger partial charge in [-0.15, -0.1) is 11.3 Å². The predicted octanol–water partition coefficient (Wildman–Crippen LogP) is 2.78. The molecular weight excluding hydrogens is 322 g/mol. The molecule has 0 aliphatic heterocycles. The standard InChI is InChI=1S/C12H10ClNO4S2/c1-7-9(12(15)16)4-8(13)5-10(7)20(17,18)6-11-14-2-3-19-11/h2-5H,6H2,1H3,(H,15,16). The summed E-state index contributed by atoms with van der Waals surface area (Å²) in [5, 5.41) is 11.3.